The number of nitrogens with zero attached hydrogens (tertiary/aromatic N) is 2. The molecule has 0 aromatic heterocycles. The first-order valence-electron chi connectivity index (χ1n) is 2.54. The predicted molar refractivity (Wildman–Crippen MR) is 35.8 cm³/mol. The van der Waals surface area contributed by atoms with Crippen LogP contribution in [0.5, 0.6) is 0 Å². The maximum atomic E-state index is 9.66. The third kappa shape index (κ3) is 6.02. The molecule has 0 aliphatic rings. The smallest absolute Gasteiger partial charge is 0.341 e. The molecule has 62 valence electrons. The van der Waals surface area contributed by atoms with Crippen LogP contribution in [0.3, 0.4) is 0 Å². The third-order valence-electron chi connectivity index (χ3n) is 0.557. The maximum absolute atomic E-state index is 9.66. The molecule has 8 nitrogen and oxygen atoms in total. The van der Waals surface area contributed by atoms with Gasteiger partial charge in [0.25, 0.3) is 0 Å². The van der Waals surface area contributed by atoms with Crippen molar-refractivity contribution in [2.24, 2.45) is 16.6 Å². The summed E-state index contributed by atoms with van der Waals surface area (Å²) < 4.78 is 0. The van der Waals surface area contributed by atoms with Gasteiger partial charge in [-0.15, -0.1) is 0 Å². The van der Waals surface area contributed by atoms with Crippen molar-refractivity contribution in [1.29, 1.82) is 0 Å². The first-order chi connectivity index (χ1) is 5.16. The fraction of sp³-hybridized carbons (Fsp3) is 0.333. The quantitative estimate of drug-likeness (QED) is 0.130. The molecule has 0 amide bonds. The van der Waals surface area contributed by atoms with Crippen LogP contribution in [-0.4, -0.2) is 24.0 Å². The highest BCUT2D eigenvalue weighted by molar-refractivity contribution is 5.69. The van der Waals surface area contributed by atoms with Crippen molar-refractivity contribution in [1.82, 2.24) is 0 Å². The zero-order valence-corrected chi connectivity index (χ0v) is 5.56. The lowest BCUT2D eigenvalue weighted by molar-refractivity contribution is -0.527. The van der Waals surface area contributed by atoms with Gasteiger partial charge in [-0.05, 0) is 0 Å². The second-order valence-corrected chi connectivity index (χ2v) is 1.38. The summed E-state index contributed by atoms with van der Waals surface area (Å²) in [6, 6.07) is 0. The summed E-state index contributed by atoms with van der Waals surface area (Å²) in [5, 5.41) is 12.7. The van der Waals surface area contributed by atoms with Crippen molar-refractivity contribution in [2.75, 3.05) is 6.73 Å². The Kier molecular flexibility index (Phi) is 4.13. The molecular weight excluding hydrogens is 154 g/mol. The van der Waals surface area contributed by atoms with Crippen molar-refractivity contribution in [2.45, 2.75) is 0 Å². The Labute approximate surface area is 61.7 Å². The summed E-state index contributed by atoms with van der Waals surface area (Å²) in [6.45, 7) is -0.729. The Balaban J connectivity index is 3.64. The molecule has 0 bridgehead atoms. The molecular formula is C3H8N5O3+. The van der Waals surface area contributed by atoms with E-state index in [1.54, 1.807) is 0 Å². The van der Waals surface area contributed by atoms with Gasteiger partial charge < -0.3 is 11.5 Å². The fourth-order valence-electron chi connectivity index (χ4n) is 0.257. The third-order valence-corrected chi connectivity index (χ3v) is 0.557. The molecule has 0 rings (SSSR count). The van der Waals surface area contributed by atoms with Gasteiger partial charge in [-0.1, -0.05) is 0 Å². The Morgan fingerprint density at radius 3 is 3.00 bits per heavy atom. The number of hydrogen-bond donors (Lipinski definition) is 3. The van der Waals surface area contributed by atoms with Crippen LogP contribution in [0.15, 0.2) is 5.16 Å². The molecule has 0 heterocycles. The Morgan fingerprint density at radius 1 is 1.91 bits per heavy atom. The van der Waals surface area contributed by atoms with Gasteiger partial charge in [-0.25, -0.2) is 4.99 Å². The first kappa shape index (κ1) is 9.14. The number of rotatable bonds is 3. The van der Waals surface area contributed by atoms with E-state index in [-0.39, 0.29) is 5.96 Å². The second-order valence-electron chi connectivity index (χ2n) is 1.38. The van der Waals surface area contributed by atoms with Crippen molar-refractivity contribution in [3.8, 4) is 0 Å². The van der Waals surface area contributed by atoms with Crippen LogP contribution >= 0.6 is 0 Å². The average Bonchev–Trinajstić information content (AvgIpc) is 1.87. The molecule has 0 unspecified atom stereocenters. The monoisotopic (exact) mass is 162 g/mol. The molecule has 0 aliphatic carbocycles. The number of nitrogens with one attached hydrogen (secondary N) is 1. The molecule has 11 heavy (non-hydrogen) atoms. The highest BCUT2D eigenvalue weighted by Gasteiger charge is 1.97. The van der Waals surface area contributed by atoms with E-state index < -0.39 is 11.7 Å². The van der Waals surface area contributed by atoms with Crippen LogP contribution in [0.25, 0.3) is 0 Å². The minimum absolute atomic E-state index is 0.144. The summed E-state index contributed by atoms with van der Waals surface area (Å²) in [5.41, 5.74) is 9.93. The fourth-order valence-corrected chi connectivity index (χ4v) is 0.257. The highest BCUT2D eigenvalue weighted by Crippen LogP contribution is 1.73. The summed E-state index contributed by atoms with van der Waals surface area (Å²) in [4.78, 5) is 15.4. The van der Waals surface area contributed by atoms with Crippen LogP contribution in [0.1, 0.15) is 0 Å². The van der Waals surface area contributed by atoms with E-state index in [0.29, 0.717) is 0 Å². The zero-order valence-electron chi connectivity index (χ0n) is 5.56. The maximum Gasteiger partial charge on any atom is 0.380 e. The molecule has 0 aliphatic heterocycles. The Bertz CT molecular complexity index is 187. The van der Waals surface area contributed by atoms with E-state index in [0.717, 1.165) is 6.34 Å². The van der Waals surface area contributed by atoms with Crippen LogP contribution in [0.4, 0.5) is 0 Å². The molecule has 0 aromatic rings. The predicted octanol–water partition coefficient (Wildman–Crippen LogP) is -3.47. The Morgan fingerprint density at radius 2 is 2.55 bits per heavy atom. The lowest BCUT2D eigenvalue weighted by atomic mass is 11.0. The molecule has 0 aromatic carbocycles. The molecule has 0 spiro atoms. The topological polar surface area (TPSA) is 131 Å². The summed E-state index contributed by atoms with van der Waals surface area (Å²) in [5.74, 6) is -0.144. The van der Waals surface area contributed by atoms with Gasteiger partial charge in [0.1, 0.15) is 0 Å². The average molecular weight is 162 g/mol. The zero-order chi connectivity index (χ0) is 8.69. The minimum Gasteiger partial charge on any atom is -0.341 e. The molecule has 0 radical (unpaired) electrons. The lowest BCUT2D eigenvalue weighted by Crippen LogP contribution is -2.78. The lowest BCUT2D eigenvalue weighted by Gasteiger charge is -1.86. The van der Waals surface area contributed by atoms with Crippen molar-refractivity contribution < 1.29 is 14.8 Å². The van der Waals surface area contributed by atoms with E-state index >= 15 is 0 Å². The van der Waals surface area contributed by atoms with Gasteiger partial charge in [-0.3, -0.25) is 15.0 Å². The number of nitro groups is 1. The van der Waals surface area contributed by atoms with Gasteiger partial charge in [0.15, 0.2) is 6.34 Å². The second kappa shape index (κ2) is 4.97. The number of nitrogens with two attached hydrogens (primary N) is 2. The largest absolute Gasteiger partial charge is 0.380 e. The molecule has 5 N–H and O–H groups in total. The summed E-state index contributed by atoms with van der Waals surface area (Å²) >= 11 is 0. The van der Waals surface area contributed by atoms with E-state index in [1.165, 1.54) is 0 Å². The number of hydrogen-bond acceptors (Lipinski definition) is 4. The van der Waals surface area contributed by atoms with E-state index in [4.69, 9.17) is 11.5 Å². The molecule has 8 heteroatoms. The molecule has 0 atom stereocenters. The highest BCUT2D eigenvalue weighted by atomic mass is 16.7. The van der Waals surface area contributed by atoms with Gasteiger partial charge in [0.05, 0.1) is 10.1 Å². The molecule has 0 saturated heterocycles. The van der Waals surface area contributed by atoms with Gasteiger partial charge in [-0.2, -0.15) is 0 Å². The van der Waals surface area contributed by atoms with Crippen LogP contribution < -0.4 is 16.5 Å². The number of guanidine groups is 1. The Hall–Kier alpha value is -1.86. The van der Waals surface area contributed by atoms with E-state index in [2.05, 4.69) is 15.0 Å². The minimum atomic E-state index is -0.729. The molecule has 0 fully saturated rings. The van der Waals surface area contributed by atoms with Crippen molar-refractivity contribution in [3.05, 3.63) is 10.1 Å². The van der Waals surface area contributed by atoms with Crippen LogP contribution in [0, 0.1) is 10.1 Å². The van der Waals surface area contributed by atoms with Gasteiger partial charge >= 0.3 is 12.7 Å². The summed E-state index contributed by atoms with van der Waals surface area (Å²) in [7, 11) is 0. The van der Waals surface area contributed by atoms with Gasteiger partial charge in [0.2, 0.25) is 0 Å². The van der Waals surface area contributed by atoms with Crippen LogP contribution in [0.2, 0.25) is 0 Å². The number of oxime groups is 1. The van der Waals surface area contributed by atoms with E-state index in [1.807, 2.05) is 0 Å². The first-order valence-corrected chi connectivity index (χ1v) is 2.54. The van der Waals surface area contributed by atoms with Crippen molar-refractivity contribution >= 4 is 12.3 Å². The van der Waals surface area contributed by atoms with Crippen LogP contribution in [-0.2, 0) is 4.84 Å². The van der Waals surface area contributed by atoms with Crippen molar-refractivity contribution in [3.63, 3.8) is 0 Å². The molecule has 0 saturated carbocycles. The SMILES string of the molecule is N/C=[NH+]/C(N)=N/OC[N+](=O)[O-]. The normalized spacial score (nSPS) is 11.8. The van der Waals surface area contributed by atoms with Gasteiger partial charge in [0, 0.05) is 0 Å². The standard InChI is InChI=1S/C3H7N5O3/c4-1-6-3(5)7-11-2-8(9)10/h1H,2H2,(H4,4,5,6,7)/p+1. The van der Waals surface area contributed by atoms with E-state index in [9.17, 15) is 10.1 Å². The summed E-state index contributed by atoms with van der Waals surface area (Å²) in [6.07, 6.45) is 1.02.